The van der Waals surface area contributed by atoms with Gasteiger partial charge in [0, 0.05) is 26.8 Å². The van der Waals surface area contributed by atoms with Crippen molar-refractivity contribution in [2.45, 2.75) is 31.5 Å². The minimum absolute atomic E-state index is 0.0206. The first-order valence-corrected chi connectivity index (χ1v) is 7.49. The molecule has 0 aromatic heterocycles. The second-order valence-corrected chi connectivity index (χ2v) is 5.55. The number of carbonyl (C=O) groups excluding carboxylic acids is 1. The predicted molar refractivity (Wildman–Crippen MR) is 80.6 cm³/mol. The Morgan fingerprint density at radius 1 is 1.59 bits per heavy atom. The average Bonchev–Trinajstić information content (AvgIpc) is 2.99. The lowest BCUT2D eigenvalue weighted by Gasteiger charge is -2.28. The molecule has 1 amide bonds. The van der Waals surface area contributed by atoms with Crippen molar-refractivity contribution in [3.05, 3.63) is 35.6 Å². The maximum Gasteiger partial charge on any atom is 0.242 e. The molecule has 2 unspecified atom stereocenters. The summed E-state index contributed by atoms with van der Waals surface area (Å²) in [5.41, 5.74) is 6.59. The summed E-state index contributed by atoms with van der Waals surface area (Å²) < 4.78 is 23.9. The number of amides is 1. The Balaban J connectivity index is 2.07. The molecule has 0 spiro atoms. The van der Waals surface area contributed by atoms with Crippen molar-refractivity contribution in [1.29, 1.82) is 0 Å². The van der Waals surface area contributed by atoms with E-state index in [1.165, 1.54) is 19.2 Å². The van der Waals surface area contributed by atoms with Gasteiger partial charge in [-0.25, -0.2) is 4.39 Å². The molecule has 2 N–H and O–H groups in total. The van der Waals surface area contributed by atoms with E-state index in [9.17, 15) is 9.18 Å². The average molecular weight is 310 g/mol. The van der Waals surface area contributed by atoms with Crippen LogP contribution in [-0.4, -0.2) is 49.8 Å². The van der Waals surface area contributed by atoms with E-state index in [4.69, 9.17) is 15.2 Å². The lowest BCUT2D eigenvalue weighted by molar-refractivity contribution is -0.136. The van der Waals surface area contributed by atoms with Gasteiger partial charge in [-0.05, 0) is 30.5 Å². The summed E-state index contributed by atoms with van der Waals surface area (Å²) in [5.74, 6) is -0.523. The van der Waals surface area contributed by atoms with Crippen LogP contribution < -0.4 is 5.73 Å². The van der Waals surface area contributed by atoms with Crippen molar-refractivity contribution < 1.29 is 18.7 Å². The van der Waals surface area contributed by atoms with Crippen molar-refractivity contribution in [2.75, 3.05) is 26.9 Å². The van der Waals surface area contributed by atoms with Crippen LogP contribution in [0.4, 0.5) is 4.39 Å². The van der Waals surface area contributed by atoms with Gasteiger partial charge in [-0.2, -0.15) is 0 Å². The van der Waals surface area contributed by atoms with E-state index in [1.54, 1.807) is 17.0 Å². The van der Waals surface area contributed by atoms with Gasteiger partial charge < -0.3 is 20.1 Å². The van der Waals surface area contributed by atoms with Crippen LogP contribution in [0.3, 0.4) is 0 Å². The highest BCUT2D eigenvalue weighted by atomic mass is 19.1. The summed E-state index contributed by atoms with van der Waals surface area (Å²) in [6, 6.07) is 5.51. The smallest absolute Gasteiger partial charge is 0.242 e. The van der Waals surface area contributed by atoms with Gasteiger partial charge in [0.05, 0.1) is 12.7 Å². The second kappa shape index (κ2) is 8.22. The van der Waals surface area contributed by atoms with Gasteiger partial charge >= 0.3 is 0 Å². The summed E-state index contributed by atoms with van der Waals surface area (Å²) in [4.78, 5) is 14.1. The Labute approximate surface area is 130 Å². The van der Waals surface area contributed by atoms with E-state index >= 15 is 0 Å². The molecule has 1 saturated heterocycles. The van der Waals surface area contributed by atoms with Crippen LogP contribution in [0, 0.1) is 5.82 Å². The molecule has 0 radical (unpaired) electrons. The van der Waals surface area contributed by atoms with Crippen LogP contribution in [0.2, 0.25) is 0 Å². The maximum absolute atomic E-state index is 13.3. The number of rotatable bonds is 7. The molecule has 0 saturated carbocycles. The van der Waals surface area contributed by atoms with Crippen LogP contribution >= 0.6 is 0 Å². The first-order chi connectivity index (χ1) is 10.6. The van der Waals surface area contributed by atoms with Gasteiger partial charge in [-0.3, -0.25) is 4.79 Å². The van der Waals surface area contributed by atoms with E-state index < -0.39 is 6.04 Å². The number of nitrogens with two attached hydrogens (primary N) is 1. The highest BCUT2D eigenvalue weighted by Gasteiger charge is 2.26. The van der Waals surface area contributed by atoms with Gasteiger partial charge in [0.25, 0.3) is 0 Å². The van der Waals surface area contributed by atoms with Crippen molar-refractivity contribution in [3.8, 4) is 0 Å². The van der Waals surface area contributed by atoms with Gasteiger partial charge in [-0.1, -0.05) is 12.1 Å². The second-order valence-electron chi connectivity index (χ2n) is 5.55. The zero-order chi connectivity index (χ0) is 15.9. The third kappa shape index (κ3) is 4.76. The zero-order valence-corrected chi connectivity index (χ0v) is 12.8. The number of hydrogen-bond acceptors (Lipinski definition) is 4. The van der Waals surface area contributed by atoms with Crippen molar-refractivity contribution in [2.24, 2.45) is 5.73 Å². The molecule has 1 aromatic rings. The minimum atomic E-state index is -0.722. The highest BCUT2D eigenvalue weighted by molar-refractivity contribution is 5.81. The lowest BCUT2D eigenvalue weighted by atomic mass is 10.1. The van der Waals surface area contributed by atoms with Gasteiger partial charge in [0.15, 0.2) is 0 Å². The van der Waals surface area contributed by atoms with Crippen LogP contribution in [0.15, 0.2) is 24.3 Å². The number of methoxy groups -OCH3 is 1. The van der Waals surface area contributed by atoms with Crippen molar-refractivity contribution in [3.63, 3.8) is 0 Å². The normalized spacial score (nSPS) is 19.1. The largest absolute Gasteiger partial charge is 0.383 e. The Bertz CT molecular complexity index is 492. The molecule has 0 aliphatic carbocycles. The Morgan fingerprint density at radius 2 is 2.41 bits per heavy atom. The number of halogens is 1. The highest BCUT2D eigenvalue weighted by Crippen LogP contribution is 2.16. The van der Waals surface area contributed by atoms with E-state index in [0.29, 0.717) is 13.1 Å². The molecule has 122 valence electrons. The molecule has 5 nitrogen and oxygen atoms in total. The molecule has 1 heterocycles. The lowest BCUT2D eigenvalue weighted by Crippen LogP contribution is -2.48. The fraction of sp³-hybridized carbons (Fsp3) is 0.562. The van der Waals surface area contributed by atoms with Crippen LogP contribution in [0.1, 0.15) is 18.4 Å². The topological polar surface area (TPSA) is 64.8 Å². The van der Waals surface area contributed by atoms with Gasteiger partial charge in [0.1, 0.15) is 11.9 Å². The SMILES string of the molecule is COCC(N)C(=O)N(Cc1cccc(F)c1)CC1CCCO1. The summed E-state index contributed by atoms with van der Waals surface area (Å²) in [6.45, 7) is 1.65. The summed E-state index contributed by atoms with van der Waals surface area (Å²) >= 11 is 0. The zero-order valence-electron chi connectivity index (χ0n) is 12.8. The number of hydrogen-bond donors (Lipinski definition) is 1. The Hall–Kier alpha value is -1.50. The van der Waals surface area contributed by atoms with E-state index in [2.05, 4.69) is 0 Å². The predicted octanol–water partition coefficient (Wildman–Crippen LogP) is 1.31. The van der Waals surface area contributed by atoms with Crippen molar-refractivity contribution in [1.82, 2.24) is 4.90 Å². The number of nitrogens with zero attached hydrogens (tertiary/aromatic N) is 1. The molecule has 1 aromatic carbocycles. The fourth-order valence-corrected chi connectivity index (χ4v) is 2.61. The first-order valence-electron chi connectivity index (χ1n) is 7.49. The molecule has 2 atom stereocenters. The molecule has 1 aliphatic rings. The molecular weight excluding hydrogens is 287 g/mol. The minimum Gasteiger partial charge on any atom is -0.383 e. The van der Waals surface area contributed by atoms with Crippen LogP contribution in [0.25, 0.3) is 0 Å². The van der Waals surface area contributed by atoms with Crippen LogP contribution in [-0.2, 0) is 20.8 Å². The molecular formula is C16H23FN2O3. The van der Waals surface area contributed by atoms with E-state index in [0.717, 1.165) is 25.0 Å². The van der Waals surface area contributed by atoms with Crippen LogP contribution in [0.5, 0.6) is 0 Å². The molecule has 6 heteroatoms. The standard InChI is InChI=1S/C16H23FN2O3/c1-21-11-15(18)16(20)19(10-14-6-3-7-22-14)9-12-4-2-5-13(17)8-12/h2,4-5,8,14-15H,3,6-7,9-11,18H2,1H3. The van der Waals surface area contributed by atoms with Gasteiger partial charge in [0.2, 0.25) is 5.91 Å². The molecule has 1 aliphatic heterocycles. The third-order valence-electron chi connectivity index (χ3n) is 3.69. The Morgan fingerprint density at radius 3 is 3.05 bits per heavy atom. The summed E-state index contributed by atoms with van der Waals surface area (Å²) in [7, 11) is 1.50. The van der Waals surface area contributed by atoms with Crippen molar-refractivity contribution >= 4 is 5.91 Å². The fourth-order valence-electron chi connectivity index (χ4n) is 2.61. The molecule has 1 fully saturated rings. The Kier molecular flexibility index (Phi) is 6.30. The third-order valence-corrected chi connectivity index (χ3v) is 3.69. The van der Waals surface area contributed by atoms with E-state index in [-0.39, 0.29) is 24.4 Å². The first kappa shape index (κ1) is 16.9. The quantitative estimate of drug-likeness (QED) is 0.824. The summed E-state index contributed by atoms with van der Waals surface area (Å²) in [6.07, 6.45) is 1.94. The molecule has 2 rings (SSSR count). The van der Waals surface area contributed by atoms with Gasteiger partial charge in [-0.15, -0.1) is 0 Å². The summed E-state index contributed by atoms with van der Waals surface area (Å²) in [5, 5.41) is 0. The monoisotopic (exact) mass is 310 g/mol. The number of carbonyl (C=O) groups is 1. The maximum atomic E-state index is 13.3. The molecule has 22 heavy (non-hydrogen) atoms. The number of benzene rings is 1. The van der Waals surface area contributed by atoms with E-state index in [1.807, 2.05) is 0 Å². The number of ether oxygens (including phenoxy) is 2. The molecule has 0 bridgehead atoms.